The van der Waals surface area contributed by atoms with E-state index in [1.54, 1.807) is 0 Å². The minimum absolute atomic E-state index is 0.00476. The number of para-hydroxylation sites is 1. The molecule has 4 nitrogen and oxygen atoms in total. The molecule has 0 radical (unpaired) electrons. The summed E-state index contributed by atoms with van der Waals surface area (Å²) in [6, 6.07) is 12.5. The van der Waals surface area contributed by atoms with E-state index in [9.17, 15) is 4.79 Å². The molecule has 1 fully saturated rings. The van der Waals surface area contributed by atoms with Gasteiger partial charge in [-0.3, -0.25) is 0 Å². The summed E-state index contributed by atoms with van der Waals surface area (Å²) in [5, 5.41) is 3.07. The highest BCUT2D eigenvalue weighted by atomic mass is 16.2. The van der Waals surface area contributed by atoms with Crippen molar-refractivity contribution >= 4 is 17.4 Å². The molecular formula is C21H27N3O. The van der Waals surface area contributed by atoms with Gasteiger partial charge in [0.15, 0.2) is 0 Å². The van der Waals surface area contributed by atoms with E-state index >= 15 is 0 Å². The van der Waals surface area contributed by atoms with E-state index in [0.717, 1.165) is 43.0 Å². The summed E-state index contributed by atoms with van der Waals surface area (Å²) in [6.07, 6.45) is 0. The second-order valence-corrected chi connectivity index (χ2v) is 6.96. The van der Waals surface area contributed by atoms with Gasteiger partial charge < -0.3 is 15.1 Å². The van der Waals surface area contributed by atoms with Crippen LogP contribution in [0.3, 0.4) is 0 Å². The number of urea groups is 1. The minimum Gasteiger partial charge on any atom is -0.368 e. The number of rotatable bonds is 2. The Hall–Kier alpha value is -2.49. The molecule has 4 heteroatoms. The van der Waals surface area contributed by atoms with Crippen LogP contribution < -0.4 is 10.2 Å². The fraction of sp³-hybridized carbons (Fsp3) is 0.381. The zero-order chi connectivity index (χ0) is 18.0. The average molecular weight is 337 g/mol. The Morgan fingerprint density at radius 3 is 2.16 bits per heavy atom. The summed E-state index contributed by atoms with van der Waals surface area (Å²) in [5.74, 6) is 0. The van der Waals surface area contributed by atoms with E-state index in [2.05, 4.69) is 48.3 Å². The highest BCUT2D eigenvalue weighted by molar-refractivity contribution is 5.90. The third kappa shape index (κ3) is 3.78. The molecule has 132 valence electrons. The van der Waals surface area contributed by atoms with Crippen LogP contribution >= 0.6 is 0 Å². The van der Waals surface area contributed by atoms with E-state index in [0.29, 0.717) is 0 Å². The lowest BCUT2D eigenvalue weighted by Crippen LogP contribution is -2.50. The van der Waals surface area contributed by atoms with Crippen LogP contribution in [0.4, 0.5) is 16.2 Å². The van der Waals surface area contributed by atoms with Crippen molar-refractivity contribution < 1.29 is 4.79 Å². The molecule has 3 rings (SSSR count). The third-order valence-corrected chi connectivity index (χ3v) is 4.96. The zero-order valence-corrected chi connectivity index (χ0v) is 15.6. The lowest BCUT2D eigenvalue weighted by atomic mass is 10.1. The first-order chi connectivity index (χ1) is 12.0. The number of nitrogens with one attached hydrogen (secondary N) is 1. The molecule has 25 heavy (non-hydrogen) atoms. The van der Waals surface area contributed by atoms with Crippen molar-refractivity contribution in [3.63, 3.8) is 0 Å². The van der Waals surface area contributed by atoms with E-state index in [-0.39, 0.29) is 6.03 Å². The SMILES string of the molecule is Cc1ccc(C)c(NC(=O)N2CCN(c3c(C)cccc3C)CC2)c1. The Balaban J connectivity index is 1.64. The van der Waals surface area contributed by atoms with Crippen LogP contribution in [-0.4, -0.2) is 37.1 Å². The Labute approximate surface area is 150 Å². The summed E-state index contributed by atoms with van der Waals surface area (Å²) in [4.78, 5) is 16.9. The molecule has 1 heterocycles. The largest absolute Gasteiger partial charge is 0.368 e. The summed E-state index contributed by atoms with van der Waals surface area (Å²) in [5.41, 5.74) is 7.06. The maximum absolute atomic E-state index is 12.6. The van der Waals surface area contributed by atoms with Gasteiger partial charge in [0.2, 0.25) is 0 Å². The molecule has 1 N–H and O–H groups in total. The lowest BCUT2D eigenvalue weighted by molar-refractivity contribution is 0.208. The fourth-order valence-electron chi connectivity index (χ4n) is 3.50. The molecule has 2 amide bonds. The number of amides is 2. The van der Waals surface area contributed by atoms with Crippen LogP contribution in [0.25, 0.3) is 0 Å². The van der Waals surface area contributed by atoms with E-state index in [1.807, 2.05) is 30.9 Å². The van der Waals surface area contributed by atoms with Crippen LogP contribution in [0.2, 0.25) is 0 Å². The van der Waals surface area contributed by atoms with E-state index in [1.165, 1.54) is 16.8 Å². The summed E-state index contributed by atoms with van der Waals surface area (Å²) in [6.45, 7) is 11.6. The number of hydrogen-bond donors (Lipinski definition) is 1. The first kappa shape index (κ1) is 17.3. The number of benzene rings is 2. The molecule has 0 unspecified atom stereocenters. The first-order valence-corrected chi connectivity index (χ1v) is 8.90. The van der Waals surface area contributed by atoms with Gasteiger partial charge in [0.1, 0.15) is 0 Å². The number of carbonyl (C=O) groups is 1. The number of aryl methyl sites for hydroxylation is 4. The molecule has 0 aromatic heterocycles. The van der Waals surface area contributed by atoms with Gasteiger partial charge in [-0.05, 0) is 56.0 Å². The van der Waals surface area contributed by atoms with Gasteiger partial charge in [-0.25, -0.2) is 4.79 Å². The molecular weight excluding hydrogens is 310 g/mol. The van der Waals surface area contributed by atoms with Crippen molar-refractivity contribution in [2.24, 2.45) is 0 Å². The Kier molecular flexibility index (Phi) is 4.98. The second-order valence-electron chi connectivity index (χ2n) is 6.96. The predicted molar refractivity (Wildman–Crippen MR) is 105 cm³/mol. The number of piperazine rings is 1. The van der Waals surface area contributed by atoms with Crippen molar-refractivity contribution in [3.8, 4) is 0 Å². The van der Waals surface area contributed by atoms with Gasteiger partial charge in [-0.2, -0.15) is 0 Å². The smallest absolute Gasteiger partial charge is 0.321 e. The molecule has 1 saturated heterocycles. The van der Waals surface area contributed by atoms with Gasteiger partial charge >= 0.3 is 6.03 Å². The molecule has 0 atom stereocenters. The summed E-state index contributed by atoms with van der Waals surface area (Å²) in [7, 11) is 0. The van der Waals surface area contributed by atoms with Crippen molar-refractivity contribution in [2.45, 2.75) is 27.7 Å². The lowest BCUT2D eigenvalue weighted by Gasteiger charge is -2.37. The molecule has 0 aliphatic carbocycles. The first-order valence-electron chi connectivity index (χ1n) is 8.90. The number of anilines is 2. The molecule has 1 aliphatic heterocycles. The maximum atomic E-state index is 12.6. The molecule has 0 bridgehead atoms. The zero-order valence-electron chi connectivity index (χ0n) is 15.6. The summed E-state index contributed by atoms with van der Waals surface area (Å²) >= 11 is 0. The molecule has 2 aromatic rings. The van der Waals surface area contributed by atoms with Crippen molar-refractivity contribution in [3.05, 3.63) is 58.7 Å². The van der Waals surface area contributed by atoms with Crippen LogP contribution in [0.5, 0.6) is 0 Å². The molecule has 0 spiro atoms. The van der Waals surface area contributed by atoms with Gasteiger partial charge in [-0.15, -0.1) is 0 Å². The molecule has 0 saturated carbocycles. The van der Waals surface area contributed by atoms with Crippen molar-refractivity contribution in [1.82, 2.24) is 4.90 Å². The molecule has 2 aromatic carbocycles. The number of carbonyl (C=O) groups excluding carboxylic acids is 1. The van der Waals surface area contributed by atoms with Crippen LogP contribution in [-0.2, 0) is 0 Å². The minimum atomic E-state index is -0.00476. The topological polar surface area (TPSA) is 35.6 Å². The van der Waals surface area contributed by atoms with E-state index in [4.69, 9.17) is 0 Å². The Morgan fingerprint density at radius 2 is 1.52 bits per heavy atom. The normalized spacial score (nSPS) is 14.6. The molecule has 1 aliphatic rings. The van der Waals surface area contributed by atoms with Gasteiger partial charge in [0, 0.05) is 37.6 Å². The Bertz CT molecular complexity index is 756. The van der Waals surface area contributed by atoms with Crippen LogP contribution in [0.15, 0.2) is 36.4 Å². The third-order valence-electron chi connectivity index (χ3n) is 4.96. The number of nitrogens with zero attached hydrogens (tertiary/aromatic N) is 2. The van der Waals surface area contributed by atoms with Gasteiger partial charge in [-0.1, -0.05) is 30.3 Å². The fourth-order valence-corrected chi connectivity index (χ4v) is 3.50. The second kappa shape index (κ2) is 7.18. The quantitative estimate of drug-likeness (QED) is 0.888. The number of hydrogen-bond acceptors (Lipinski definition) is 2. The van der Waals surface area contributed by atoms with Crippen molar-refractivity contribution in [2.75, 3.05) is 36.4 Å². The predicted octanol–water partition coefficient (Wildman–Crippen LogP) is 4.27. The van der Waals surface area contributed by atoms with Crippen LogP contribution in [0.1, 0.15) is 22.3 Å². The summed E-state index contributed by atoms with van der Waals surface area (Å²) < 4.78 is 0. The Morgan fingerprint density at radius 1 is 0.880 bits per heavy atom. The monoisotopic (exact) mass is 337 g/mol. The highest BCUT2D eigenvalue weighted by Crippen LogP contribution is 2.26. The average Bonchev–Trinajstić information content (AvgIpc) is 2.58. The van der Waals surface area contributed by atoms with Gasteiger partial charge in [0.05, 0.1) is 0 Å². The van der Waals surface area contributed by atoms with Crippen molar-refractivity contribution in [1.29, 1.82) is 0 Å². The van der Waals surface area contributed by atoms with Crippen LogP contribution in [0, 0.1) is 27.7 Å². The van der Waals surface area contributed by atoms with Gasteiger partial charge in [0.25, 0.3) is 0 Å². The highest BCUT2D eigenvalue weighted by Gasteiger charge is 2.23. The standard InChI is InChI=1S/C21H27N3O/c1-15-8-9-16(2)19(14-15)22-21(25)24-12-10-23(11-13-24)20-17(3)6-5-7-18(20)4/h5-9,14H,10-13H2,1-4H3,(H,22,25). The van der Waals surface area contributed by atoms with E-state index < -0.39 is 0 Å². The maximum Gasteiger partial charge on any atom is 0.321 e.